The van der Waals surface area contributed by atoms with Crippen molar-refractivity contribution in [2.75, 3.05) is 18.4 Å². The quantitative estimate of drug-likeness (QED) is 0.525. The van der Waals surface area contributed by atoms with Crippen molar-refractivity contribution >= 4 is 28.3 Å². The number of fused-ring (bicyclic) bond motifs is 1. The van der Waals surface area contributed by atoms with Gasteiger partial charge in [0.2, 0.25) is 5.91 Å². The fourth-order valence-electron chi connectivity index (χ4n) is 4.45. The van der Waals surface area contributed by atoms with E-state index in [-0.39, 0.29) is 51.8 Å². The van der Waals surface area contributed by atoms with E-state index in [1.807, 2.05) is 0 Å². The summed E-state index contributed by atoms with van der Waals surface area (Å²) in [6.45, 7) is 1.93. The zero-order valence-corrected chi connectivity index (χ0v) is 20.4. The summed E-state index contributed by atoms with van der Waals surface area (Å²) in [5.74, 6) is 2.50. The summed E-state index contributed by atoms with van der Waals surface area (Å²) < 4.78 is 65.5. The van der Waals surface area contributed by atoms with Gasteiger partial charge in [-0.3, -0.25) is 14.2 Å². The summed E-state index contributed by atoms with van der Waals surface area (Å²) in [6, 6.07) is 4.07. The Bertz CT molecular complexity index is 1640. The third-order valence-corrected chi connectivity index (χ3v) is 6.41. The van der Waals surface area contributed by atoms with Crippen molar-refractivity contribution in [1.29, 1.82) is 0 Å². The predicted molar refractivity (Wildman–Crippen MR) is 136 cm³/mol. The first-order valence-corrected chi connectivity index (χ1v) is 11.4. The molecule has 0 saturated carbocycles. The normalized spacial score (nSPS) is 16.3. The van der Waals surface area contributed by atoms with Crippen molar-refractivity contribution in [3.05, 3.63) is 68.8 Å². The molecule has 4 rings (SSSR count). The van der Waals surface area contributed by atoms with Crippen molar-refractivity contribution < 1.29 is 22.1 Å². The Morgan fingerprint density at radius 3 is 2.65 bits per heavy atom. The minimum atomic E-state index is -4.59. The summed E-state index contributed by atoms with van der Waals surface area (Å²) >= 11 is 0. The lowest BCUT2D eigenvalue weighted by molar-refractivity contribution is -0.138. The number of pyridine rings is 1. The molecule has 0 bridgehead atoms. The van der Waals surface area contributed by atoms with E-state index in [2.05, 4.69) is 21.2 Å². The van der Waals surface area contributed by atoms with E-state index in [1.165, 1.54) is 39.0 Å². The van der Waals surface area contributed by atoms with Crippen LogP contribution >= 0.6 is 0 Å². The van der Waals surface area contributed by atoms with Crippen LogP contribution in [0.5, 0.6) is 0 Å². The molecule has 1 amide bonds. The lowest BCUT2D eigenvalue weighted by Gasteiger charge is -2.25. The van der Waals surface area contributed by atoms with Gasteiger partial charge in [0.1, 0.15) is 23.3 Å². The zero-order chi connectivity index (χ0) is 29.6. The standard InChI is InChI=1S/C27H26F3N5O2/c1-6-23(19-8-7-9-22(15(19)2)27(28,29)30)33-24-21-14-20(18-10-12-35(13-11-18)17(4)36)26(37)34(5)25(21)32-16(3)31-24/h1,7-10,14,23H,11-13H2,2-5H3,(H,31,32,33)/t23-/m1/s1/i5D3. The second-order valence-electron chi connectivity index (χ2n) is 8.76. The molecule has 0 radical (unpaired) electrons. The number of carbonyl (C=O) groups excluding carboxylic acids is 1. The summed E-state index contributed by atoms with van der Waals surface area (Å²) in [5, 5.41) is 3.12. The second-order valence-corrected chi connectivity index (χ2v) is 8.76. The number of anilines is 1. The number of hydrogen-bond acceptors (Lipinski definition) is 5. The van der Waals surface area contributed by atoms with Crippen LogP contribution in [-0.2, 0) is 17.9 Å². The maximum atomic E-state index is 13.6. The van der Waals surface area contributed by atoms with Gasteiger partial charge in [0, 0.05) is 36.7 Å². The molecule has 2 aromatic heterocycles. The molecule has 3 heterocycles. The van der Waals surface area contributed by atoms with Crippen molar-refractivity contribution in [3.8, 4) is 12.3 Å². The van der Waals surface area contributed by atoms with Crippen LogP contribution in [0.2, 0.25) is 0 Å². The minimum absolute atomic E-state index is 0.0586. The lowest BCUT2D eigenvalue weighted by Crippen LogP contribution is -2.33. The molecule has 1 N–H and O–H groups in total. The molecule has 37 heavy (non-hydrogen) atoms. The predicted octanol–water partition coefficient (Wildman–Crippen LogP) is 4.39. The van der Waals surface area contributed by atoms with Gasteiger partial charge in [0.25, 0.3) is 5.56 Å². The molecule has 0 fully saturated rings. The van der Waals surface area contributed by atoms with E-state index < -0.39 is 30.3 Å². The molecule has 0 saturated heterocycles. The van der Waals surface area contributed by atoms with Crippen LogP contribution in [0.1, 0.15) is 51.6 Å². The molecule has 192 valence electrons. The largest absolute Gasteiger partial charge is 0.416 e. The van der Waals surface area contributed by atoms with Crippen LogP contribution in [-0.4, -0.2) is 38.4 Å². The van der Waals surface area contributed by atoms with Gasteiger partial charge in [-0.1, -0.05) is 24.1 Å². The van der Waals surface area contributed by atoms with E-state index >= 15 is 0 Å². The number of aryl methyl sites for hydroxylation is 2. The van der Waals surface area contributed by atoms with Gasteiger partial charge in [0.15, 0.2) is 0 Å². The molecule has 7 nitrogen and oxygen atoms in total. The van der Waals surface area contributed by atoms with Crippen molar-refractivity contribution in [1.82, 2.24) is 19.4 Å². The number of aromatic nitrogens is 3. The van der Waals surface area contributed by atoms with Crippen LogP contribution in [0.15, 0.2) is 35.1 Å². The number of hydrogen-bond donors (Lipinski definition) is 1. The first-order chi connectivity index (χ1) is 18.6. The van der Waals surface area contributed by atoms with Gasteiger partial charge in [-0.05, 0) is 49.1 Å². The topological polar surface area (TPSA) is 80.1 Å². The van der Waals surface area contributed by atoms with Gasteiger partial charge in [0.05, 0.1) is 10.9 Å². The number of benzene rings is 1. The highest BCUT2D eigenvalue weighted by atomic mass is 19.4. The van der Waals surface area contributed by atoms with Crippen LogP contribution in [0.4, 0.5) is 19.0 Å². The van der Waals surface area contributed by atoms with Gasteiger partial charge >= 0.3 is 6.18 Å². The molecular weight excluding hydrogens is 483 g/mol. The molecule has 1 aliphatic heterocycles. The number of amides is 1. The molecule has 1 aliphatic rings. The monoisotopic (exact) mass is 512 g/mol. The Kier molecular flexibility index (Phi) is 5.81. The van der Waals surface area contributed by atoms with Gasteiger partial charge < -0.3 is 10.2 Å². The van der Waals surface area contributed by atoms with E-state index in [1.54, 1.807) is 11.0 Å². The molecule has 1 atom stereocenters. The van der Waals surface area contributed by atoms with Gasteiger partial charge in [-0.15, -0.1) is 6.42 Å². The Hall–Kier alpha value is -4.13. The number of terminal acetylenes is 1. The number of nitrogens with zero attached hydrogens (tertiary/aromatic N) is 4. The van der Waals surface area contributed by atoms with Crippen molar-refractivity contribution in [2.45, 2.75) is 39.4 Å². The van der Waals surface area contributed by atoms with E-state index in [0.717, 1.165) is 6.07 Å². The van der Waals surface area contributed by atoms with Gasteiger partial charge in [-0.25, -0.2) is 9.97 Å². The fourth-order valence-corrected chi connectivity index (χ4v) is 4.45. The second kappa shape index (κ2) is 9.73. The zero-order valence-electron chi connectivity index (χ0n) is 23.4. The molecular formula is C27H26F3N5O2. The SMILES string of the molecule is [2H]C([2H])([2H])n1c(=O)c(C2=CCN(C(C)=O)CC2)cc2c(N[C@H](C#C)c3cccc(C(F)(F)F)c3C)nc(C)nc21. The number of rotatable bonds is 4. The molecule has 0 spiro atoms. The minimum Gasteiger partial charge on any atom is -0.352 e. The van der Waals surface area contributed by atoms with Crippen molar-refractivity contribution in [3.63, 3.8) is 0 Å². The van der Waals surface area contributed by atoms with Crippen LogP contribution in [0.3, 0.4) is 0 Å². The highest BCUT2D eigenvalue weighted by Crippen LogP contribution is 2.35. The average molecular weight is 513 g/mol. The first-order valence-electron chi connectivity index (χ1n) is 12.9. The maximum absolute atomic E-state index is 13.6. The highest BCUT2D eigenvalue weighted by Gasteiger charge is 2.33. The molecule has 10 heteroatoms. The Balaban J connectivity index is 1.92. The molecule has 0 aliphatic carbocycles. The van der Waals surface area contributed by atoms with E-state index in [0.29, 0.717) is 23.1 Å². The van der Waals surface area contributed by atoms with Crippen LogP contribution in [0.25, 0.3) is 16.6 Å². The van der Waals surface area contributed by atoms with E-state index in [9.17, 15) is 22.8 Å². The summed E-state index contributed by atoms with van der Waals surface area (Å²) in [6.07, 6.45) is 3.16. The number of carbonyl (C=O) groups is 1. The molecule has 0 unspecified atom stereocenters. The molecule has 1 aromatic carbocycles. The van der Waals surface area contributed by atoms with Crippen molar-refractivity contribution in [2.24, 2.45) is 6.98 Å². The third-order valence-electron chi connectivity index (χ3n) is 6.41. The summed E-state index contributed by atoms with van der Waals surface area (Å²) in [7, 11) is 0. The number of alkyl halides is 3. The van der Waals surface area contributed by atoms with Crippen LogP contribution in [0, 0.1) is 26.2 Å². The lowest BCUT2D eigenvalue weighted by atomic mass is 9.96. The Morgan fingerprint density at radius 1 is 1.30 bits per heavy atom. The third kappa shape index (κ3) is 4.94. The van der Waals surface area contributed by atoms with E-state index in [4.69, 9.17) is 10.5 Å². The Morgan fingerprint density at radius 2 is 2.05 bits per heavy atom. The van der Waals surface area contributed by atoms with Gasteiger partial charge in [-0.2, -0.15) is 13.2 Å². The number of nitrogens with one attached hydrogen (secondary N) is 1. The fraction of sp³-hybridized carbons (Fsp3) is 0.333. The summed E-state index contributed by atoms with van der Waals surface area (Å²) in [5.41, 5.74) is -1.04. The number of halogens is 3. The average Bonchev–Trinajstić information content (AvgIpc) is 2.85. The highest BCUT2D eigenvalue weighted by molar-refractivity contribution is 5.90. The smallest absolute Gasteiger partial charge is 0.352 e. The summed E-state index contributed by atoms with van der Waals surface area (Å²) in [4.78, 5) is 35.4. The maximum Gasteiger partial charge on any atom is 0.416 e. The van der Waals surface area contributed by atoms with Crippen LogP contribution < -0.4 is 10.9 Å². The molecule has 3 aromatic rings. The first kappa shape index (κ1) is 22.1. The Labute approximate surface area is 216 Å².